The highest BCUT2D eigenvalue weighted by Gasteiger charge is 2.11. The van der Waals surface area contributed by atoms with Gasteiger partial charge in [0.2, 0.25) is 0 Å². The van der Waals surface area contributed by atoms with Crippen LogP contribution in [0.5, 0.6) is 5.75 Å². The molecule has 31 heavy (non-hydrogen) atoms. The number of benzene rings is 2. The summed E-state index contributed by atoms with van der Waals surface area (Å²) in [5, 5.41) is 2.77. The van der Waals surface area contributed by atoms with E-state index in [2.05, 4.69) is 10.3 Å². The third kappa shape index (κ3) is 4.95. The zero-order chi connectivity index (χ0) is 21.8. The zero-order valence-electron chi connectivity index (χ0n) is 16.5. The summed E-state index contributed by atoms with van der Waals surface area (Å²) in [6, 6.07) is 16.3. The van der Waals surface area contributed by atoms with Gasteiger partial charge in [-0.2, -0.15) is 0 Å². The van der Waals surface area contributed by atoms with Crippen molar-refractivity contribution in [1.82, 2.24) is 9.56 Å². The van der Waals surface area contributed by atoms with Crippen molar-refractivity contribution in [3.8, 4) is 5.75 Å². The first-order valence-corrected chi connectivity index (χ1v) is 10.4. The molecule has 4 aromatic rings. The lowest BCUT2D eigenvalue weighted by Crippen LogP contribution is -2.20. The molecule has 2 aromatic carbocycles. The first-order valence-electron chi connectivity index (χ1n) is 9.38. The quantitative estimate of drug-likeness (QED) is 0.438. The van der Waals surface area contributed by atoms with E-state index in [9.17, 15) is 14.0 Å². The molecule has 0 fully saturated rings. The Labute approximate surface area is 180 Å². The van der Waals surface area contributed by atoms with Crippen LogP contribution in [-0.2, 0) is 10.5 Å². The monoisotopic (exact) mass is 439 g/mol. The van der Waals surface area contributed by atoms with E-state index in [1.807, 2.05) is 12.1 Å². The van der Waals surface area contributed by atoms with Crippen LogP contribution >= 0.6 is 11.8 Å². The number of nitrogens with one attached hydrogen (secondary N) is 1. The Hall–Kier alpha value is -3.59. The van der Waals surface area contributed by atoms with Gasteiger partial charge in [0.15, 0.2) is 23.8 Å². The number of carbonyl (C=O) groups is 1. The van der Waals surface area contributed by atoms with Crippen LogP contribution in [0.1, 0.15) is 11.5 Å². The molecule has 0 unspecified atom stereocenters. The summed E-state index contributed by atoms with van der Waals surface area (Å²) >= 11 is 1.43. The molecule has 0 radical (unpaired) electrons. The van der Waals surface area contributed by atoms with Crippen LogP contribution in [0.15, 0.2) is 74.9 Å². The average Bonchev–Trinajstić information content (AvgIpc) is 3.13. The van der Waals surface area contributed by atoms with E-state index < -0.39 is 11.7 Å². The Morgan fingerprint density at radius 1 is 1.19 bits per heavy atom. The Balaban J connectivity index is 1.42. The number of hydrogen-bond donors (Lipinski definition) is 1. The van der Waals surface area contributed by atoms with Crippen molar-refractivity contribution in [3.63, 3.8) is 0 Å². The highest BCUT2D eigenvalue weighted by atomic mass is 32.2. The SMILES string of the molecule is Cc1cc2nc(CSc3ccccc3NC(=O)COc3ccccc3F)cc(=O)n2o1. The minimum atomic E-state index is -0.528. The number of halogens is 1. The normalized spacial score (nSPS) is 10.9. The lowest BCUT2D eigenvalue weighted by molar-refractivity contribution is -0.118. The van der Waals surface area contributed by atoms with E-state index in [1.54, 1.807) is 37.3 Å². The Kier molecular flexibility index (Phi) is 6.03. The van der Waals surface area contributed by atoms with Crippen LogP contribution in [0.4, 0.5) is 10.1 Å². The Morgan fingerprint density at radius 3 is 2.81 bits per heavy atom. The summed E-state index contributed by atoms with van der Waals surface area (Å²) < 4.78 is 25.3. The Bertz CT molecular complexity index is 1300. The number of thioether (sulfide) groups is 1. The number of rotatable bonds is 7. The highest BCUT2D eigenvalue weighted by molar-refractivity contribution is 7.98. The van der Waals surface area contributed by atoms with Crippen molar-refractivity contribution in [2.24, 2.45) is 0 Å². The first-order chi connectivity index (χ1) is 15.0. The average molecular weight is 439 g/mol. The number of aryl methyl sites for hydroxylation is 1. The number of carbonyl (C=O) groups excluding carboxylic acids is 1. The first kappa shape index (κ1) is 20.7. The fourth-order valence-corrected chi connectivity index (χ4v) is 3.79. The summed E-state index contributed by atoms with van der Waals surface area (Å²) in [4.78, 5) is 29.7. The third-order valence-corrected chi connectivity index (χ3v) is 5.36. The molecule has 2 heterocycles. The topological polar surface area (TPSA) is 85.8 Å². The molecule has 4 rings (SSSR count). The summed E-state index contributed by atoms with van der Waals surface area (Å²) in [7, 11) is 0. The van der Waals surface area contributed by atoms with E-state index in [4.69, 9.17) is 9.26 Å². The van der Waals surface area contributed by atoms with Crippen LogP contribution in [0.2, 0.25) is 0 Å². The van der Waals surface area contributed by atoms with Gasteiger partial charge in [-0.25, -0.2) is 9.37 Å². The summed E-state index contributed by atoms with van der Waals surface area (Å²) in [5.74, 6) is 0.0965. The fourth-order valence-electron chi connectivity index (χ4n) is 2.89. The molecular weight excluding hydrogens is 421 g/mol. The number of anilines is 1. The number of amides is 1. The number of hydrogen-bond acceptors (Lipinski definition) is 6. The van der Waals surface area contributed by atoms with Gasteiger partial charge in [0.1, 0.15) is 5.76 Å². The van der Waals surface area contributed by atoms with Crippen LogP contribution in [0.3, 0.4) is 0 Å². The van der Waals surface area contributed by atoms with E-state index in [0.29, 0.717) is 28.5 Å². The standard InChI is InChI=1S/C22H18FN3O4S/c1-14-10-20-24-15(11-22(28)26(20)30-14)13-31-19-9-5-3-7-17(19)25-21(27)12-29-18-8-4-2-6-16(18)23/h2-11H,12-13H2,1H3,(H,25,27). The smallest absolute Gasteiger partial charge is 0.287 e. The zero-order valence-corrected chi connectivity index (χ0v) is 17.3. The number of fused-ring (bicyclic) bond motifs is 1. The molecule has 0 spiro atoms. The predicted octanol–water partition coefficient (Wildman–Crippen LogP) is 4.04. The molecule has 1 amide bonds. The molecule has 0 saturated carbocycles. The third-order valence-electron chi connectivity index (χ3n) is 4.26. The van der Waals surface area contributed by atoms with Crippen molar-refractivity contribution in [2.75, 3.05) is 11.9 Å². The molecule has 0 saturated heterocycles. The van der Waals surface area contributed by atoms with E-state index in [1.165, 1.54) is 30.0 Å². The van der Waals surface area contributed by atoms with Gasteiger partial charge in [-0.15, -0.1) is 16.3 Å². The fraction of sp³-hybridized carbons (Fsp3) is 0.136. The lowest BCUT2D eigenvalue weighted by Gasteiger charge is -2.11. The van der Waals surface area contributed by atoms with Crippen LogP contribution in [-0.4, -0.2) is 22.1 Å². The molecule has 158 valence electrons. The molecule has 9 heteroatoms. The Morgan fingerprint density at radius 2 is 1.97 bits per heavy atom. The molecular formula is C22H18FN3O4S. The van der Waals surface area contributed by atoms with Crippen molar-refractivity contribution in [1.29, 1.82) is 0 Å². The van der Waals surface area contributed by atoms with Gasteiger partial charge >= 0.3 is 0 Å². The molecule has 7 nitrogen and oxygen atoms in total. The predicted molar refractivity (Wildman–Crippen MR) is 115 cm³/mol. The van der Waals surface area contributed by atoms with Crippen LogP contribution in [0, 0.1) is 12.7 Å². The second-order valence-corrected chi connectivity index (χ2v) is 7.65. The van der Waals surface area contributed by atoms with Crippen LogP contribution < -0.4 is 15.6 Å². The molecule has 2 aromatic heterocycles. The number of para-hydroxylation sites is 2. The van der Waals surface area contributed by atoms with Crippen molar-refractivity contribution >= 4 is 29.0 Å². The van der Waals surface area contributed by atoms with Gasteiger partial charge in [-0.3, -0.25) is 9.59 Å². The molecule has 0 aliphatic heterocycles. The maximum absolute atomic E-state index is 13.6. The molecule has 0 aliphatic carbocycles. The van der Waals surface area contributed by atoms with Gasteiger partial charge in [-0.05, 0) is 31.2 Å². The minimum Gasteiger partial charge on any atom is -0.481 e. The molecule has 0 bridgehead atoms. The molecule has 0 aliphatic rings. The van der Waals surface area contributed by atoms with Gasteiger partial charge < -0.3 is 14.6 Å². The number of nitrogens with zero attached hydrogens (tertiary/aromatic N) is 2. The van der Waals surface area contributed by atoms with Crippen molar-refractivity contribution < 1.29 is 18.4 Å². The number of ether oxygens (including phenoxy) is 1. The molecule has 1 N–H and O–H groups in total. The molecule has 0 atom stereocenters. The summed E-state index contributed by atoms with van der Waals surface area (Å²) in [6.07, 6.45) is 0. The largest absolute Gasteiger partial charge is 0.481 e. The van der Waals surface area contributed by atoms with E-state index >= 15 is 0 Å². The second kappa shape index (κ2) is 9.05. The van der Waals surface area contributed by atoms with E-state index in [-0.39, 0.29) is 17.9 Å². The maximum Gasteiger partial charge on any atom is 0.287 e. The highest BCUT2D eigenvalue weighted by Crippen LogP contribution is 2.29. The van der Waals surface area contributed by atoms with Crippen molar-refractivity contribution in [3.05, 3.63) is 88.3 Å². The van der Waals surface area contributed by atoms with Crippen molar-refractivity contribution in [2.45, 2.75) is 17.6 Å². The van der Waals surface area contributed by atoms with Gasteiger partial charge in [0, 0.05) is 22.8 Å². The minimum absolute atomic E-state index is 0.0162. The lowest BCUT2D eigenvalue weighted by atomic mass is 10.3. The van der Waals surface area contributed by atoms with Gasteiger partial charge in [-0.1, -0.05) is 24.3 Å². The maximum atomic E-state index is 13.6. The second-order valence-electron chi connectivity index (χ2n) is 6.64. The van der Waals surface area contributed by atoms with Gasteiger partial charge in [0.05, 0.1) is 11.4 Å². The van der Waals surface area contributed by atoms with Crippen LogP contribution in [0.25, 0.3) is 5.65 Å². The van der Waals surface area contributed by atoms with E-state index in [0.717, 1.165) is 9.47 Å². The summed E-state index contributed by atoms with van der Waals surface area (Å²) in [6.45, 7) is 1.42. The van der Waals surface area contributed by atoms with Gasteiger partial charge in [0.25, 0.3) is 11.5 Å². The number of aromatic nitrogens is 2. The summed E-state index contributed by atoms with van der Waals surface area (Å²) in [5.41, 5.74) is 1.35.